The summed E-state index contributed by atoms with van der Waals surface area (Å²) in [7, 11) is 0. The number of allylic oxidation sites excluding steroid dienone is 3. The lowest BCUT2D eigenvalue weighted by atomic mass is 10.2. The van der Waals surface area contributed by atoms with Gasteiger partial charge in [-0.05, 0) is 31.0 Å². The molecule has 0 aromatic heterocycles. The van der Waals surface area contributed by atoms with Crippen molar-refractivity contribution < 1.29 is 4.79 Å². The summed E-state index contributed by atoms with van der Waals surface area (Å²) in [5, 5.41) is -0.410. The van der Waals surface area contributed by atoms with Gasteiger partial charge >= 0.3 is 0 Å². The Morgan fingerprint density at radius 1 is 1.56 bits per heavy atom. The van der Waals surface area contributed by atoms with Crippen LogP contribution in [-0.2, 0) is 4.79 Å². The topological polar surface area (TPSA) is 17.1 Å². The Morgan fingerprint density at radius 3 is 2.11 bits per heavy atom. The molecule has 0 radical (unpaired) electrons. The first-order chi connectivity index (χ1) is 4.09. The second kappa shape index (κ2) is 3.46. The van der Waals surface area contributed by atoms with Crippen LogP contribution in [-0.4, -0.2) is 5.24 Å². The molecule has 0 aliphatic rings. The van der Waals surface area contributed by atoms with Crippen molar-refractivity contribution in [2.24, 2.45) is 0 Å². The maximum atomic E-state index is 10.4. The van der Waals surface area contributed by atoms with E-state index >= 15 is 0 Å². The zero-order valence-electron chi connectivity index (χ0n) is 5.57. The van der Waals surface area contributed by atoms with Crippen molar-refractivity contribution in [1.82, 2.24) is 0 Å². The molecule has 0 aliphatic carbocycles. The molecule has 0 saturated heterocycles. The minimum Gasteiger partial charge on any atom is -0.276 e. The third-order valence-corrected chi connectivity index (χ3v) is 1.48. The molecule has 1 nitrogen and oxygen atoms in total. The van der Waals surface area contributed by atoms with Gasteiger partial charge in [0.1, 0.15) is 0 Å². The molecule has 0 rings (SSSR count). The molecule has 0 spiro atoms. The minimum atomic E-state index is -0.410. The van der Waals surface area contributed by atoms with E-state index in [2.05, 4.69) is 6.58 Å². The number of rotatable bonds is 2. The standard InChI is InChI=1S/C7H9ClO/c1-4-5(2)6(3)7(8)9/h4H,1H2,2-3H3/b6-5-. The van der Waals surface area contributed by atoms with Crippen LogP contribution in [0.25, 0.3) is 0 Å². The summed E-state index contributed by atoms with van der Waals surface area (Å²) in [6, 6.07) is 0. The van der Waals surface area contributed by atoms with E-state index in [4.69, 9.17) is 11.6 Å². The van der Waals surface area contributed by atoms with Crippen molar-refractivity contribution in [3.05, 3.63) is 23.8 Å². The van der Waals surface area contributed by atoms with Crippen LogP contribution in [0.4, 0.5) is 0 Å². The summed E-state index contributed by atoms with van der Waals surface area (Å²) in [5.41, 5.74) is 1.39. The van der Waals surface area contributed by atoms with Crippen molar-refractivity contribution >= 4 is 16.8 Å². The van der Waals surface area contributed by atoms with Crippen LogP contribution in [0.3, 0.4) is 0 Å². The van der Waals surface area contributed by atoms with Crippen molar-refractivity contribution in [3.8, 4) is 0 Å². The molecule has 0 aliphatic heterocycles. The van der Waals surface area contributed by atoms with Gasteiger partial charge in [-0.3, -0.25) is 4.79 Å². The third-order valence-electron chi connectivity index (χ3n) is 1.19. The van der Waals surface area contributed by atoms with E-state index in [0.29, 0.717) is 5.57 Å². The molecule has 0 atom stereocenters. The normalized spacial score (nSPS) is 12.3. The van der Waals surface area contributed by atoms with E-state index in [1.807, 2.05) is 0 Å². The maximum absolute atomic E-state index is 10.4. The average molecular weight is 145 g/mol. The van der Waals surface area contributed by atoms with Gasteiger partial charge in [-0.25, -0.2) is 0 Å². The van der Waals surface area contributed by atoms with E-state index in [0.717, 1.165) is 5.57 Å². The van der Waals surface area contributed by atoms with Crippen molar-refractivity contribution in [3.63, 3.8) is 0 Å². The highest BCUT2D eigenvalue weighted by Crippen LogP contribution is 2.06. The molecule has 50 valence electrons. The minimum absolute atomic E-state index is 0.410. The largest absolute Gasteiger partial charge is 0.276 e. The van der Waals surface area contributed by atoms with E-state index < -0.39 is 5.24 Å². The van der Waals surface area contributed by atoms with Gasteiger partial charge in [0.2, 0.25) is 5.24 Å². The second-order valence-corrected chi connectivity index (χ2v) is 2.13. The smallest absolute Gasteiger partial charge is 0.248 e. The van der Waals surface area contributed by atoms with E-state index in [9.17, 15) is 4.79 Å². The summed E-state index contributed by atoms with van der Waals surface area (Å²) >= 11 is 5.16. The van der Waals surface area contributed by atoms with E-state index in [-0.39, 0.29) is 0 Å². The molecular weight excluding hydrogens is 136 g/mol. The molecular formula is C7H9ClO. The fourth-order valence-electron chi connectivity index (χ4n) is 0.308. The molecule has 0 heterocycles. The Balaban J connectivity index is 4.47. The van der Waals surface area contributed by atoms with Crippen LogP contribution in [0.15, 0.2) is 23.8 Å². The van der Waals surface area contributed by atoms with Crippen molar-refractivity contribution in [2.75, 3.05) is 0 Å². The van der Waals surface area contributed by atoms with Gasteiger partial charge in [0, 0.05) is 5.57 Å². The monoisotopic (exact) mass is 144 g/mol. The molecule has 0 unspecified atom stereocenters. The molecule has 0 N–H and O–H groups in total. The van der Waals surface area contributed by atoms with Gasteiger partial charge in [-0.2, -0.15) is 0 Å². The Morgan fingerprint density at radius 2 is 2.00 bits per heavy atom. The van der Waals surface area contributed by atoms with Crippen LogP contribution < -0.4 is 0 Å². The highest BCUT2D eigenvalue weighted by molar-refractivity contribution is 6.67. The number of carbonyl (C=O) groups is 1. The third kappa shape index (κ3) is 2.47. The first kappa shape index (κ1) is 8.44. The molecule has 9 heavy (non-hydrogen) atoms. The van der Waals surface area contributed by atoms with Gasteiger partial charge in [0.15, 0.2) is 0 Å². The zero-order chi connectivity index (χ0) is 7.44. The predicted molar refractivity (Wildman–Crippen MR) is 39.4 cm³/mol. The van der Waals surface area contributed by atoms with Crippen molar-refractivity contribution in [1.29, 1.82) is 0 Å². The van der Waals surface area contributed by atoms with Gasteiger partial charge in [0.05, 0.1) is 0 Å². The molecule has 0 bridgehead atoms. The number of carbonyl (C=O) groups excluding carboxylic acids is 1. The summed E-state index contributed by atoms with van der Waals surface area (Å²) in [6.45, 7) is 6.96. The fraction of sp³-hybridized carbons (Fsp3) is 0.286. The summed E-state index contributed by atoms with van der Waals surface area (Å²) in [6.07, 6.45) is 1.61. The number of hydrogen-bond acceptors (Lipinski definition) is 1. The average Bonchev–Trinajstić information content (AvgIpc) is 1.84. The summed E-state index contributed by atoms with van der Waals surface area (Å²) < 4.78 is 0. The highest BCUT2D eigenvalue weighted by atomic mass is 35.5. The Labute approximate surface area is 60.0 Å². The number of halogens is 1. The first-order valence-electron chi connectivity index (χ1n) is 2.59. The molecule has 0 aromatic carbocycles. The van der Waals surface area contributed by atoms with E-state index in [1.165, 1.54) is 0 Å². The molecule has 0 fully saturated rings. The zero-order valence-corrected chi connectivity index (χ0v) is 6.33. The molecule has 0 aromatic rings. The molecule has 0 saturated carbocycles. The maximum Gasteiger partial charge on any atom is 0.248 e. The van der Waals surface area contributed by atoms with Gasteiger partial charge in [-0.15, -0.1) is 0 Å². The summed E-state index contributed by atoms with van der Waals surface area (Å²) in [4.78, 5) is 10.4. The van der Waals surface area contributed by atoms with E-state index in [1.54, 1.807) is 19.9 Å². The SMILES string of the molecule is C=C/C(C)=C(/C)C(=O)Cl. The lowest BCUT2D eigenvalue weighted by Crippen LogP contribution is -1.89. The van der Waals surface area contributed by atoms with Gasteiger partial charge in [0.25, 0.3) is 0 Å². The Kier molecular flexibility index (Phi) is 3.25. The second-order valence-electron chi connectivity index (χ2n) is 1.79. The molecule has 0 amide bonds. The Hall–Kier alpha value is -0.560. The quantitative estimate of drug-likeness (QED) is 0.330. The van der Waals surface area contributed by atoms with Crippen molar-refractivity contribution in [2.45, 2.75) is 13.8 Å². The lowest BCUT2D eigenvalue weighted by Gasteiger charge is -1.93. The first-order valence-corrected chi connectivity index (χ1v) is 2.97. The van der Waals surface area contributed by atoms with Gasteiger partial charge < -0.3 is 0 Å². The predicted octanol–water partition coefficient (Wildman–Crippen LogP) is 2.27. The summed E-state index contributed by atoms with van der Waals surface area (Å²) in [5.74, 6) is 0. The number of hydrogen-bond donors (Lipinski definition) is 0. The molecule has 2 heteroatoms. The van der Waals surface area contributed by atoms with Gasteiger partial charge in [-0.1, -0.05) is 12.7 Å². The van der Waals surface area contributed by atoms with Crippen LogP contribution in [0, 0.1) is 0 Å². The van der Waals surface area contributed by atoms with Crippen LogP contribution in [0.5, 0.6) is 0 Å². The van der Waals surface area contributed by atoms with Crippen LogP contribution in [0.2, 0.25) is 0 Å². The van der Waals surface area contributed by atoms with Crippen LogP contribution >= 0.6 is 11.6 Å². The van der Waals surface area contributed by atoms with Crippen LogP contribution in [0.1, 0.15) is 13.8 Å². The Bertz CT molecular complexity index is 168. The fourth-order valence-corrected chi connectivity index (χ4v) is 0.457. The highest BCUT2D eigenvalue weighted by Gasteiger charge is 1.99. The lowest BCUT2D eigenvalue weighted by molar-refractivity contribution is -0.108.